The van der Waals surface area contributed by atoms with Crippen LogP contribution in [0.15, 0.2) is 56.7 Å². The van der Waals surface area contributed by atoms with Gasteiger partial charge in [-0.2, -0.15) is 4.98 Å². The number of fused-ring (bicyclic) bond motifs is 6. The first-order valence-corrected chi connectivity index (χ1v) is 8.56. The molecular weight excluding hydrogens is 400 g/mol. The maximum Gasteiger partial charge on any atom is 0.282 e. The van der Waals surface area contributed by atoms with Crippen molar-refractivity contribution in [2.45, 2.75) is 5.66 Å². The van der Waals surface area contributed by atoms with E-state index < -0.39 is 11.2 Å². The lowest BCUT2D eigenvalue weighted by molar-refractivity contribution is -0.121. The molecule has 3 aromatic rings. The van der Waals surface area contributed by atoms with Crippen molar-refractivity contribution >= 4 is 50.3 Å². The molecule has 0 fully saturated rings. The third kappa shape index (κ3) is 1.77. The second-order valence-electron chi connectivity index (χ2n) is 6.03. The molecule has 5 rings (SSSR count). The number of nitrogens with one attached hydrogen (secondary N) is 2. The second-order valence-corrected chi connectivity index (χ2v) is 6.95. The van der Waals surface area contributed by atoms with E-state index in [0.717, 1.165) is 4.47 Å². The predicted molar refractivity (Wildman–Crippen MR) is 101 cm³/mol. The number of guanidine groups is 1. The Morgan fingerprint density at radius 1 is 1.12 bits per heavy atom. The second kappa shape index (κ2) is 4.92. The maximum atomic E-state index is 13.1. The molecule has 9 heteroatoms. The average molecular weight is 411 g/mol. The highest BCUT2D eigenvalue weighted by Crippen LogP contribution is 2.45. The summed E-state index contributed by atoms with van der Waals surface area (Å²) in [6, 6.07) is 12.4. The molecule has 0 saturated carbocycles. The van der Waals surface area contributed by atoms with E-state index in [9.17, 15) is 9.59 Å². The van der Waals surface area contributed by atoms with Gasteiger partial charge in [-0.1, -0.05) is 28.1 Å². The summed E-state index contributed by atoms with van der Waals surface area (Å²) in [4.78, 5) is 34.1. The molecule has 1 atom stereocenters. The average Bonchev–Trinajstić information content (AvgIpc) is 2.87. The van der Waals surface area contributed by atoms with Crippen LogP contribution in [0.1, 0.15) is 5.56 Å². The van der Waals surface area contributed by atoms with Crippen LogP contribution in [0.3, 0.4) is 0 Å². The van der Waals surface area contributed by atoms with E-state index >= 15 is 0 Å². The smallest absolute Gasteiger partial charge is 0.282 e. The zero-order chi connectivity index (χ0) is 18.1. The van der Waals surface area contributed by atoms with Crippen molar-refractivity contribution in [3.63, 3.8) is 0 Å². The number of amides is 1. The van der Waals surface area contributed by atoms with Crippen LogP contribution < -0.4 is 21.9 Å². The Bertz CT molecular complexity index is 1220. The van der Waals surface area contributed by atoms with Gasteiger partial charge in [0.1, 0.15) is 0 Å². The molecule has 2 aromatic carbocycles. The molecule has 1 unspecified atom stereocenters. The van der Waals surface area contributed by atoms with Crippen LogP contribution in [0, 0.1) is 0 Å². The van der Waals surface area contributed by atoms with Gasteiger partial charge < -0.3 is 11.1 Å². The molecule has 8 nitrogen and oxygen atoms in total. The van der Waals surface area contributed by atoms with Gasteiger partial charge in [0.05, 0.1) is 10.9 Å². The Kier molecular flexibility index (Phi) is 2.85. The molecule has 3 heterocycles. The van der Waals surface area contributed by atoms with E-state index in [1.165, 1.54) is 0 Å². The largest absolute Gasteiger partial charge is 0.370 e. The van der Waals surface area contributed by atoms with Gasteiger partial charge in [-0.05, 0) is 30.3 Å². The molecule has 2 aliphatic rings. The van der Waals surface area contributed by atoms with E-state index in [1.54, 1.807) is 34.9 Å². The van der Waals surface area contributed by atoms with Gasteiger partial charge >= 0.3 is 0 Å². The minimum atomic E-state index is -1.48. The summed E-state index contributed by atoms with van der Waals surface area (Å²) >= 11 is 3.44. The molecule has 0 aliphatic carbocycles. The number of carbonyl (C=O) groups is 1. The van der Waals surface area contributed by atoms with Gasteiger partial charge in [-0.3, -0.25) is 19.5 Å². The number of benzene rings is 2. The zero-order valence-electron chi connectivity index (χ0n) is 13.2. The number of rotatable bonds is 0. The van der Waals surface area contributed by atoms with Crippen LogP contribution in [0.5, 0.6) is 0 Å². The van der Waals surface area contributed by atoms with E-state index in [-0.39, 0.29) is 17.8 Å². The van der Waals surface area contributed by atoms with Gasteiger partial charge in [0.15, 0.2) is 5.96 Å². The highest BCUT2D eigenvalue weighted by atomic mass is 79.9. The number of hydrogen-bond acceptors (Lipinski definition) is 6. The number of anilines is 2. The lowest BCUT2D eigenvalue weighted by Gasteiger charge is -2.33. The third-order valence-corrected chi connectivity index (χ3v) is 5.06. The van der Waals surface area contributed by atoms with Crippen molar-refractivity contribution in [2.24, 2.45) is 10.7 Å². The topological polar surface area (TPSA) is 114 Å². The molecule has 26 heavy (non-hydrogen) atoms. The van der Waals surface area contributed by atoms with E-state index in [1.807, 2.05) is 12.1 Å². The molecule has 0 bridgehead atoms. The lowest BCUT2D eigenvalue weighted by Crippen LogP contribution is -2.49. The molecule has 1 aromatic heterocycles. The Balaban J connectivity index is 1.99. The fraction of sp³-hybridized carbons (Fsp3) is 0.0588. The SMILES string of the molecule is NC1=NC2(C(=O)Nc3ccc(Br)cc32)n2c(nc(=O)c3ccccc32)N1. The lowest BCUT2D eigenvalue weighted by atomic mass is 9.99. The fourth-order valence-corrected chi connectivity index (χ4v) is 3.89. The van der Waals surface area contributed by atoms with Gasteiger partial charge in [-0.15, -0.1) is 0 Å². The standard InChI is InChI=1S/C17H11BrN6O2/c18-8-5-6-11-10(7-8)17(14(26)20-11)23-15(19)22-16-21-13(25)9-3-1-2-4-12(9)24(16)17/h1-7H,(H,20,26)(H3,19,21,22,23,25). The quantitative estimate of drug-likeness (QED) is 0.520. The highest BCUT2D eigenvalue weighted by molar-refractivity contribution is 9.10. The van der Waals surface area contributed by atoms with Crippen LogP contribution in [0.25, 0.3) is 10.9 Å². The van der Waals surface area contributed by atoms with Crippen molar-refractivity contribution in [1.29, 1.82) is 0 Å². The Morgan fingerprint density at radius 2 is 1.92 bits per heavy atom. The summed E-state index contributed by atoms with van der Waals surface area (Å²) in [5.41, 5.74) is 5.85. The molecule has 1 amide bonds. The number of para-hydroxylation sites is 1. The van der Waals surface area contributed by atoms with Crippen molar-refractivity contribution < 1.29 is 4.79 Å². The Labute approximate surface area is 154 Å². The predicted octanol–water partition coefficient (Wildman–Crippen LogP) is 1.55. The fourth-order valence-electron chi connectivity index (χ4n) is 3.53. The molecule has 4 N–H and O–H groups in total. The van der Waals surface area contributed by atoms with Crippen molar-refractivity contribution in [3.8, 4) is 0 Å². The van der Waals surface area contributed by atoms with Gasteiger partial charge in [0.2, 0.25) is 11.6 Å². The number of carbonyl (C=O) groups excluding carboxylic acids is 1. The summed E-state index contributed by atoms with van der Waals surface area (Å²) in [5.74, 6) is -0.189. The normalized spacial score (nSPS) is 20.3. The molecule has 128 valence electrons. The molecule has 1 spiro atoms. The summed E-state index contributed by atoms with van der Waals surface area (Å²) < 4.78 is 2.41. The summed E-state index contributed by atoms with van der Waals surface area (Å²) in [6.07, 6.45) is 0. The number of hydrogen-bond donors (Lipinski definition) is 3. The van der Waals surface area contributed by atoms with Crippen LogP contribution in [-0.4, -0.2) is 21.4 Å². The monoisotopic (exact) mass is 410 g/mol. The number of halogens is 1. The van der Waals surface area contributed by atoms with Crippen molar-refractivity contribution in [3.05, 3.63) is 62.9 Å². The van der Waals surface area contributed by atoms with Crippen LogP contribution in [0.4, 0.5) is 11.6 Å². The molecule has 2 aliphatic heterocycles. The van der Waals surface area contributed by atoms with E-state index in [0.29, 0.717) is 22.2 Å². The molecular formula is C17H11BrN6O2. The van der Waals surface area contributed by atoms with Crippen LogP contribution in [-0.2, 0) is 10.5 Å². The van der Waals surface area contributed by atoms with E-state index in [2.05, 4.69) is 36.5 Å². The number of nitrogens with two attached hydrogens (primary N) is 1. The molecule has 0 radical (unpaired) electrons. The van der Waals surface area contributed by atoms with Crippen LogP contribution >= 0.6 is 15.9 Å². The minimum Gasteiger partial charge on any atom is -0.370 e. The number of aliphatic imine (C=N–C) groups is 1. The van der Waals surface area contributed by atoms with Gasteiger partial charge in [-0.25, -0.2) is 4.99 Å². The summed E-state index contributed by atoms with van der Waals surface area (Å²) in [6.45, 7) is 0. The number of nitrogens with zero attached hydrogens (tertiary/aromatic N) is 3. The minimum absolute atomic E-state index is 0.00940. The first-order chi connectivity index (χ1) is 12.5. The first-order valence-electron chi connectivity index (χ1n) is 7.77. The molecule has 0 saturated heterocycles. The zero-order valence-corrected chi connectivity index (χ0v) is 14.7. The Morgan fingerprint density at radius 3 is 2.77 bits per heavy atom. The first kappa shape index (κ1) is 15.1. The van der Waals surface area contributed by atoms with Crippen molar-refractivity contribution in [2.75, 3.05) is 10.6 Å². The number of aromatic nitrogens is 2. The van der Waals surface area contributed by atoms with Crippen LogP contribution in [0.2, 0.25) is 0 Å². The maximum absolute atomic E-state index is 13.1. The van der Waals surface area contributed by atoms with Crippen molar-refractivity contribution in [1.82, 2.24) is 9.55 Å². The summed E-state index contributed by atoms with van der Waals surface area (Å²) in [5, 5.41) is 6.04. The summed E-state index contributed by atoms with van der Waals surface area (Å²) in [7, 11) is 0. The third-order valence-electron chi connectivity index (χ3n) is 4.56. The van der Waals surface area contributed by atoms with Gasteiger partial charge in [0.25, 0.3) is 11.5 Å². The Hall–Kier alpha value is -3.20. The van der Waals surface area contributed by atoms with Gasteiger partial charge in [0, 0.05) is 15.7 Å². The highest BCUT2D eigenvalue weighted by Gasteiger charge is 2.52. The van der Waals surface area contributed by atoms with E-state index in [4.69, 9.17) is 5.73 Å².